The van der Waals surface area contributed by atoms with E-state index in [1.807, 2.05) is 0 Å². The van der Waals surface area contributed by atoms with Crippen molar-refractivity contribution in [2.45, 2.75) is 422 Å². The molecular weight excluding hydrogens is 1810 g/mol. The molecule has 782 valence electrons. The van der Waals surface area contributed by atoms with Crippen LogP contribution in [0.1, 0.15) is 177 Å². The van der Waals surface area contributed by atoms with Crippen LogP contribution in [0.4, 0.5) is 0 Å². The fourth-order valence-corrected chi connectivity index (χ4v) is 24.4. The van der Waals surface area contributed by atoms with Crippen LogP contribution in [0.2, 0.25) is 0 Å². The first-order chi connectivity index (χ1) is 64.3. The topological polar surface area (TPSA) is 695 Å². The summed E-state index contributed by atoms with van der Waals surface area (Å²) in [5, 5.41) is 258. The van der Waals surface area contributed by atoms with Crippen molar-refractivity contribution in [3.63, 3.8) is 0 Å². The molecule has 0 aromatic rings. The smallest absolute Gasteiger partial charge is 0.317 e. The van der Waals surface area contributed by atoms with Crippen LogP contribution in [0.25, 0.3) is 0 Å². The molecule has 136 heavy (non-hydrogen) atoms. The number of fused-ring (bicyclic) bond motifs is 7. The highest BCUT2D eigenvalue weighted by atomic mass is 16.8. The minimum Gasteiger partial charge on any atom is -0.432 e. The monoisotopic (exact) mass is 1960 g/mol. The third kappa shape index (κ3) is 20.9. The number of allylic oxidation sites excluding steroid dienone is 2. The standard InChI is InChI=1S/C91H149NO44/c1-40-55(103)58(106)62(110)76(125-40)133-69-54(92-53(102)18-16-14-12-10-9-11-13-15-17-27-119-81-72(114)89(117,36-96)38-123-81)47(30-93)127-80(71(69)135-77-64(112)60(108)66(41(2)126-77)130-75-65(113)67(45(99)33-121-75)131-82-73(115)90(118,37-97)39-124-82)136-83(116)91-26-25-84(3,4)28-43(91)42-19-20-50-85(5)23-22-52(86(6,35-95)49(85)21-24-87(50,7)88(42,8)29-51(91)101)129-79-70(134-78-63(111)59(107)57(105)48(31-94)128-78)68(46(100)34-122-79)132-74-61(109)56(104)44(98)32-120-74/h19,35,40-41,43-52,54-82,93-94,96-101,103-115,117-118H,9-18,20-34,36-39H2,1-8H3,(H,92,102)/t40?,41?,43?,44-,45-,46-,47?,48?,49-,50?,51?,52+,54+,55+,56+,57+,58+,59+,60?,61?,62?,63?,64+,65-,66+,67?,68+,69?,70?,71-,72?,73?,74+,75+,76+,77+,78+,79+,80+,81-,82+,85?,86-,87+,88-,89+,90-,91-/m1/s1. The largest absolute Gasteiger partial charge is 0.432 e. The number of nitrogens with one attached hydrogen (secondary N) is 1. The van der Waals surface area contributed by atoms with E-state index in [1.165, 1.54) is 13.8 Å². The third-order valence-corrected chi connectivity index (χ3v) is 33.1. The summed E-state index contributed by atoms with van der Waals surface area (Å²) in [7, 11) is 0. The molecule has 45 nitrogen and oxygen atoms in total. The summed E-state index contributed by atoms with van der Waals surface area (Å²) in [6, 6.07) is -1.62. The number of esters is 1. The summed E-state index contributed by atoms with van der Waals surface area (Å²) >= 11 is 0. The van der Waals surface area contributed by atoms with Gasteiger partial charge in [-0.15, -0.1) is 0 Å². The number of hydrogen-bond acceptors (Lipinski definition) is 44. The number of aliphatic hydroxyl groups excluding tert-OH is 21. The lowest BCUT2D eigenvalue weighted by atomic mass is 9.33. The Morgan fingerprint density at radius 3 is 1.60 bits per heavy atom. The second-order valence-electron chi connectivity index (χ2n) is 42.4. The number of ether oxygens (including phenoxy) is 18. The van der Waals surface area contributed by atoms with Gasteiger partial charge in [0.25, 0.3) is 0 Å². The lowest BCUT2D eigenvalue weighted by molar-refractivity contribution is -0.386. The summed E-state index contributed by atoms with van der Waals surface area (Å²) < 4.78 is 110. The van der Waals surface area contributed by atoms with Gasteiger partial charge >= 0.3 is 5.97 Å². The molecule has 45 heteroatoms. The molecule has 9 aliphatic heterocycles. The highest BCUT2D eigenvalue weighted by Crippen LogP contribution is 2.76. The molecule has 48 atom stereocenters. The van der Waals surface area contributed by atoms with E-state index in [1.54, 1.807) is 6.92 Å². The molecule has 9 heterocycles. The van der Waals surface area contributed by atoms with E-state index >= 15 is 4.79 Å². The van der Waals surface area contributed by atoms with Crippen LogP contribution in [-0.4, -0.2) is 446 Å². The number of unbranched alkanes of at least 4 members (excludes halogenated alkanes) is 8. The molecule has 24 N–H and O–H groups in total. The van der Waals surface area contributed by atoms with Crippen molar-refractivity contribution < 1.29 is 217 Å². The van der Waals surface area contributed by atoms with Crippen LogP contribution in [0.15, 0.2) is 11.6 Å². The van der Waals surface area contributed by atoms with Gasteiger partial charge in [-0.25, -0.2) is 0 Å². The molecule has 14 rings (SSSR count). The summed E-state index contributed by atoms with van der Waals surface area (Å²) in [6.45, 7) is 9.39. The number of hydrogen-bond donors (Lipinski definition) is 24. The fourth-order valence-electron chi connectivity index (χ4n) is 24.4. The maximum atomic E-state index is 16.7. The van der Waals surface area contributed by atoms with Crippen LogP contribution in [0, 0.1) is 50.2 Å². The van der Waals surface area contributed by atoms with E-state index in [4.69, 9.17) is 85.3 Å². The Morgan fingerprint density at radius 2 is 0.971 bits per heavy atom. The molecular formula is C91H149NO44. The molecule has 1 amide bonds. The third-order valence-electron chi connectivity index (χ3n) is 33.1. The van der Waals surface area contributed by atoms with Gasteiger partial charge in [0.2, 0.25) is 12.2 Å². The minimum absolute atomic E-state index is 0.0114. The van der Waals surface area contributed by atoms with Crippen molar-refractivity contribution in [2.75, 3.05) is 66.1 Å². The van der Waals surface area contributed by atoms with Crippen LogP contribution in [-0.2, 0) is 99.6 Å². The SMILES string of the molecule is CC1O[C@@H](O[C@@H]2C(O[C@@H]3OC(C)[C@H](O)[C@H](O)C3O)[C@@H](NC(=O)CCCCCCCCCCCO[C@@H]3OC[C@@](O)(CO)C3O)C(CO)O[C@H]2OC(=O)[C@]23CCC(C)(C)CC2C2=CCC4C5(C)CC[C@H](O[C@@H]6OC[C@@H](O)[C@H](O[C@@H]7OC[C@@H](O)[C@H](O)C7O)C6O[C@@H]6OC(CO)[C@H](O)[C@H](O)C6O)[C@](C)(C=O)[C@@H]5CC[C@]4(C)[C@]2(C)CC3O)[C@@H](O)C(O)[C@H]1O[C@@H]1OC[C@@H](O)C(O[C@@H]2OC[C@](O)(CO)C2O)[C@H]1O. The number of carbonyl (C=O) groups is 3. The van der Waals surface area contributed by atoms with E-state index in [9.17, 15) is 127 Å². The van der Waals surface area contributed by atoms with E-state index in [0.29, 0.717) is 57.8 Å². The minimum atomic E-state index is -2.23. The molecule has 13 fully saturated rings. The maximum Gasteiger partial charge on any atom is 0.317 e. The lowest BCUT2D eigenvalue weighted by Gasteiger charge is -2.71. The summed E-state index contributed by atoms with van der Waals surface area (Å²) in [5.74, 6) is -3.16. The van der Waals surface area contributed by atoms with E-state index in [0.717, 1.165) is 50.4 Å². The molecule has 5 aliphatic carbocycles. The predicted octanol–water partition coefficient (Wildman–Crippen LogP) is -6.49. The van der Waals surface area contributed by atoms with Crippen molar-refractivity contribution in [1.29, 1.82) is 0 Å². The van der Waals surface area contributed by atoms with Crippen LogP contribution < -0.4 is 5.32 Å². The van der Waals surface area contributed by atoms with Crippen LogP contribution in [0.3, 0.4) is 0 Å². The van der Waals surface area contributed by atoms with Gasteiger partial charge in [-0.3, -0.25) is 9.59 Å². The number of amides is 1. The molecule has 0 spiro atoms. The van der Waals surface area contributed by atoms with Crippen molar-refractivity contribution in [3.8, 4) is 0 Å². The van der Waals surface area contributed by atoms with Crippen molar-refractivity contribution >= 4 is 18.2 Å². The first kappa shape index (κ1) is 108. The van der Waals surface area contributed by atoms with E-state index < -0.39 is 354 Å². The average molecular weight is 1960 g/mol. The summed E-state index contributed by atoms with van der Waals surface area (Å²) in [4.78, 5) is 45.8. The number of aldehydes is 1. The van der Waals surface area contributed by atoms with Crippen LogP contribution in [0.5, 0.6) is 0 Å². The quantitative estimate of drug-likeness (QED) is 0.00922. The van der Waals surface area contributed by atoms with Gasteiger partial charge in [0, 0.05) is 13.0 Å². The molecule has 17 unspecified atom stereocenters. The van der Waals surface area contributed by atoms with Gasteiger partial charge in [-0.2, -0.15) is 0 Å². The Kier molecular flexibility index (Phi) is 34.9. The van der Waals surface area contributed by atoms with E-state index in [2.05, 4.69) is 46.0 Å². The molecule has 4 saturated carbocycles. The molecule has 9 saturated heterocycles. The van der Waals surface area contributed by atoms with Gasteiger partial charge in [0.15, 0.2) is 56.4 Å². The molecule has 0 aromatic heterocycles. The van der Waals surface area contributed by atoms with Gasteiger partial charge < -0.3 is 213 Å². The summed E-state index contributed by atoms with van der Waals surface area (Å²) in [5.41, 5.74) is -9.16. The van der Waals surface area contributed by atoms with Gasteiger partial charge in [0.05, 0.1) is 95.3 Å². The molecule has 0 aromatic carbocycles. The highest BCUT2D eigenvalue weighted by Gasteiger charge is 2.74. The predicted molar refractivity (Wildman–Crippen MR) is 454 cm³/mol. The normalized spacial score (nSPS) is 50.8. The van der Waals surface area contributed by atoms with Crippen molar-refractivity contribution in [1.82, 2.24) is 5.32 Å². The van der Waals surface area contributed by atoms with Crippen LogP contribution >= 0.6 is 0 Å². The van der Waals surface area contributed by atoms with Crippen molar-refractivity contribution in [2.24, 2.45) is 50.2 Å². The average Bonchev–Trinajstić information content (AvgIpc) is 1.56. The first-order valence-corrected chi connectivity index (χ1v) is 48.3. The second-order valence-corrected chi connectivity index (χ2v) is 42.4. The van der Waals surface area contributed by atoms with Crippen molar-refractivity contribution in [3.05, 3.63) is 11.6 Å². The Morgan fingerprint density at radius 1 is 0.456 bits per heavy atom. The Labute approximate surface area is 787 Å². The van der Waals surface area contributed by atoms with Gasteiger partial charge in [-0.05, 0) is 124 Å². The summed E-state index contributed by atoms with van der Waals surface area (Å²) in [6.07, 6.45) is -52.4. The molecule has 14 aliphatic rings. The zero-order valence-corrected chi connectivity index (χ0v) is 78.2. The number of rotatable bonds is 35. The maximum absolute atomic E-state index is 16.7. The molecule has 0 radical (unpaired) electrons. The van der Waals surface area contributed by atoms with E-state index in [-0.39, 0.29) is 44.8 Å². The first-order valence-electron chi connectivity index (χ1n) is 48.3. The second kappa shape index (κ2) is 43.8. The lowest BCUT2D eigenvalue weighted by Crippen LogP contribution is -2.71. The zero-order valence-electron chi connectivity index (χ0n) is 78.2. The highest BCUT2D eigenvalue weighted by molar-refractivity contribution is 5.80. The Bertz CT molecular complexity index is 3940. The van der Waals surface area contributed by atoms with Gasteiger partial charge in [0.1, 0.15) is 163 Å². The Hall–Kier alpha value is -3.25. The fraction of sp³-hybridized carbons (Fsp3) is 0.945. The number of aliphatic hydroxyl groups is 23. The molecule has 0 bridgehead atoms. The zero-order chi connectivity index (χ0) is 98.8. The van der Waals surface area contributed by atoms with Gasteiger partial charge in [-0.1, -0.05) is 98.1 Å². The Balaban J connectivity index is 0.728. The number of carbonyl (C=O) groups excluding carboxylic acids is 3.